The van der Waals surface area contributed by atoms with Gasteiger partial charge in [-0.05, 0) is 56.7 Å². The highest BCUT2D eigenvalue weighted by Gasteiger charge is 2.47. The first kappa shape index (κ1) is 40.3. The van der Waals surface area contributed by atoms with E-state index in [4.69, 9.17) is 13.7 Å². The Hall–Kier alpha value is -0.880. The highest BCUT2D eigenvalue weighted by Crippen LogP contribution is 2.38. The lowest BCUT2D eigenvalue weighted by Crippen LogP contribution is -2.69. The Labute approximate surface area is 281 Å². The Morgan fingerprint density at radius 3 is 2.36 bits per heavy atom. The van der Waals surface area contributed by atoms with Gasteiger partial charge in [0, 0.05) is 11.8 Å². The monoisotopic (exact) mass is 667 g/mol. The van der Waals surface area contributed by atoms with Crippen molar-refractivity contribution in [1.82, 2.24) is 10.6 Å². The van der Waals surface area contributed by atoms with Crippen molar-refractivity contribution < 1.29 is 23.9 Å². The predicted octanol–water partition coefficient (Wildman–Crippen LogP) is 7.27. The first-order valence-electron chi connectivity index (χ1n) is 17.1. The first-order valence-corrected chi connectivity index (χ1v) is 19.9. The normalized spacial score (nSPS) is 25.2. The number of aliphatic hydroxyl groups excluding tert-OH is 1. The predicted molar refractivity (Wildman–Crippen MR) is 193 cm³/mol. The van der Waals surface area contributed by atoms with Crippen LogP contribution >= 0.6 is 10.8 Å². The molecule has 9 heteroatoms. The standard InChI is InChI=1S/C24H42N2O3.C12H21O2S2/c1-4-5-6-7-8-12-17-23(2,18-20-13-10-9-11-14-20)24(28,25-3)26-22-16-15-21(27)19-29-22;1-4-8-15-16(9-5-2)14-12-7-6-11(3)10-13-12/h9-11,13-14,21-22,25-28H,4-8,12,15-19H2,1-3H3;4-5,11-12H,1-2,6-10H2,3H3/q;+1. The summed E-state index contributed by atoms with van der Waals surface area (Å²) in [6.45, 7) is 15.2. The molecule has 2 fully saturated rings. The maximum atomic E-state index is 11.7. The van der Waals surface area contributed by atoms with Gasteiger partial charge in [-0.3, -0.25) is 10.6 Å². The van der Waals surface area contributed by atoms with Crippen LogP contribution < -0.4 is 10.6 Å². The van der Waals surface area contributed by atoms with Crippen LogP contribution in [0.4, 0.5) is 0 Å². The fourth-order valence-electron chi connectivity index (χ4n) is 5.76. The summed E-state index contributed by atoms with van der Waals surface area (Å²) < 4.78 is 17.3. The van der Waals surface area contributed by atoms with Crippen LogP contribution in [0.15, 0.2) is 55.6 Å². The fraction of sp³-hybridized carbons (Fsp3) is 0.722. The molecule has 7 atom stereocenters. The van der Waals surface area contributed by atoms with Crippen LogP contribution in [-0.2, 0) is 30.3 Å². The summed E-state index contributed by atoms with van der Waals surface area (Å²) in [5, 5.41) is 27.9. The van der Waals surface area contributed by atoms with Gasteiger partial charge in [-0.1, -0.05) is 102 Å². The third-order valence-corrected chi connectivity index (χ3v) is 12.0. The van der Waals surface area contributed by atoms with Gasteiger partial charge in [-0.2, -0.15) is 0 Å². The average molecular weight is 668 g/mol. The van der Waals surface area contributed by atoms with E-state index in [0.29, 0.717) is 25.4 Å². The molecular formula is C36H63N2O5S2+. The third-order valence-electron chi connectivity index (χ3n) is 8.62. The molecule has 45 heavy (non-hydrogen) atoms. The molecule has 1 aromatic rings. The smallest absolute Gasteiger partial charge is 0.225 e. The molecule has 0 aromatic heterocycles. The molecule has 2 heterocycles. The molecule has 3 rings (SSSR count). The largest absolute Gasteiger partial charge is 0.391 e. The van der Waals surface area contributed by atoms with E-state index in [1.54, 1.807) is 17.8 Å². The Kier molecular flexibility index (Phi) is 20.3. The van der Waals surface area contributed by atoms with Crippen molar-refractivity contribution in [3.63, 3.8) is 0 Å². The van der Waals surface area contributed by atoms with E-state index >= 15 is 0 Å². The number of ether oxygens (including phenoxy) is 2. The molecule has 0 saturated carbocycles. The molecule has 7 nitrogen and oxygen atoms in total. The minimum Gasteiger partial charge on any atom is -0.391 e. The molecule has 0 aliphatic carbocycles. The maximum absolute atomic E-state index is 11.7. The summed E-state index contributed by atoms with van der Waals surface area (Å²) in [6.07, 6.45) is 15.7. The van der Waals surface area contributed by atoms with E-state index in [-0.39, 0.29) is 22.7 Å². The highest BCUT2D eigenvalue weighted by molar-refractivity contribution is 8.72. The SMILES string of the molecule is C=CCS[S+](CC=C)OC1CCC(C)CO1.CCCCCCCCC(C)(Cc1ccccc1)C(O)(NC)NC1CCC(O)CO1. The van der Waals surface area contributed by atoms with Gasteiger partial charge in [0.2, 0.25) is 16.5 Å². The van der Waals surface area contributed by atoms with Crippen molar-refractivity contribution in [3.8, 4) is 0 Å². The Morgan fingerprint density at radius 1 is 1.02 bits per heavy atom. The van der Waals surface area contributed by atoms with Crippen LogP contribution in [0.25, 0.3) is 0 Å². The summed E-state index contributed by atoms with van der Waals surface area (Å²) in [5.74, 6) is 1.20. The Bertz CT molecular complexity index is 912. The van der Waals surface area contributed by atoms with Crippen molar-refractivity contribution >= 4 is 21.0 Å². The number of hydrogen-bond donors (Lipinski definition) is 4. The minimum atomic E-state index is -1.26. The second-order valence-electron chi connectivity index (χ2n) is 12.8. The molecule has 4 N–H and O–H groups in total. The topological polar surface area (TPSA) is 92.2 Å². The Balaban J connectivity index is 0.000000372. The van der Waals surface area contributed by atoms with Crippen LogP contribution in [0.5, 0.6) is 0 Å². The van der Waals surface area contributed by atoms with E-state index in [0.717, 1.165) is 43.8 Å². The zero-order chi connectivity index (χ0) is 33.0. The van der Waals surface area contributed by atoms with Crippen LogP contribution in [0.3, 0.4) is 0 Å². The second-order valence-corrected chi connectivity index (χ2v) is 16.3. The minimum absolute atomic E-state index is 0.0169. The van der Waals surface area contributed by atoms with Crippen LogP contribution in [0.1, 0.15) is 97.0 Å². The van der Waals surface area contributed by atoms with E-state index < -0.39 is 17.4 Å². The van der Waals surface area contributed by atoms with Gasteiger partial charge >= 0.3 is 0 Å². The quantitative estimate of drug-likeness (QED) is 0.0380. The van der Waals surface area contributed by atoms with Gasteiger partial charge < -0.3 is 19.7 Å². The molecule has 2 saturated heterocycles. The Morgan fingerprint density at radius 2 is 1.76 bits per heavy atom. The summed E-state index contributed by atoms with van der Waals surface area (Å²) in [6, 6.07) is 10.4. The van der Waals surface area contributed by atoms with Crippen LogP contribution in [-0.4, -0.2) is 66.5 Å². The van der Waals surface area contributed by atoms with Gasteiger partial charge in [0.1, 0.15) is 17.0 Å². The lowest BCUT2D eigenvalue weighted by atomic mass is 9.74. The third kappa shape index (κ3) is 15.3. The molecule has 0 spiro atoms. The molecule has 0 amide bonds. The zero-order valence-electron chi connectivity index (χ0n) is 28.5. The van der Waals surface area contributed by atoms with Crippen LogP contribution in [0, 0.1) is 11.3 Å². The zero-order valence-corrected chi connectivity index (χ0v) is 30.1. The van der Waals surface area contributed by atoms with Gasteiger partial charge in [-0.25, -0.2) is 0 Å². The second kappa shape index (κ2) is 22.6. The van der Waals surface area contributed by atoms with Crippen molar-refractivity contribution in [2.75, 3.05) is 31.8 Å². The molecule has 2 aliphatic heterocycles. The average Bonchev–Trinajstić information content (AvgIpc) is 3.04. The molecule has 7 unspecified atom stereocenters. The highest BCUT2D eigenvalue weighted by atomic mass is 33.1. The number of benzene rings is 1. The van der Waals surface area contributed by atoms with Gasteiger partial charge in [-0.15, -0.1) is 10.8 Å². The van der Waals surface area contributed by atoms with Crippen LogP contribution in [0.2, 0.25) is 0 Å². The molecule has 2 aliphatic rings. The summed E-state index contributed by atoms with van der Waals surface area (Å²) in [4.78, 5) is 0. The van der Waals surface area contributed by atoms with E-state index in [1.165, 1.54) is 44.1 Å². The van der Waals surface area contributed by atoms with Crippen molar-refractivity contribution in [2.24, 2.45) is 11.3 Å². The molecule has 0 radical (unpaired) electrons. The lowest BCUT2D eigenvalue weighted by molar-refractivity contribution is -0.178. The molecule has 1 aromatic carbocycles. The molecule has 258 valence electrons. The van der Waals surface area contributed by atoms with E-state index in [9.17, 15) is 10.2 Å². The number of nitrogens with one attached hydrogen (secondary N) is 2. The van der Waals surface area contributed by atoms with Crippen molar-refractivity contribution in [3.05, 3.63) is 61.2 Å². The summed E-state index contributed by atoms with van der Waals surface area (Å²) in [5.41, 5.74) is 0.809. The summed E-state index contributed by atoms with van der Waals surface area (Å²) in [7, 11) is 3.45. The number of unbranched alkanes of at least 4 members (excludes halogenated alkanes) is 5. The number of hydrogen-bond acceptors (Lipinski definition) is 8. The van der Waals surface area contributed by atoms with Crippen molar-refractivity contribution in [1.29, 1.82) is 0 Å². The van der Waals surface area contributed by atoms with Gasteiger partial charge in [0.25, 0.3) is 0 Å². The number of aliphatic hydroxyl groups is 2. The summed E-state index contributed by atoms with van der Waals surface area (Å²) >= 11 is 0. The molecule has 0 bridgehead atoms. The number of rotatable bonds is 20. The van der Waals surface area contributed by atoms with Gasteiger partial charge in [0.15, 0.2) is 11.6 Å². The van der Waals surface area contributed by atoms with Crippen molar-refractivity contribution in [2.45, 2.75) is 122 Å². The molecular weight excluding hydrogens is 605 g/mol. The first-order chi connectivity index (χ1) is 21.7. The van der Waals surface area contributed by atoms with Gasteiger partial charge in [0.05, 0.1) is 25.1 Å². The lowest BCUT2D eigenvalue weighted by Gasteiger charge is -2.48. The fourth-order valence-corrected chi connectivity index (χ4v) is 8.57. The van der Waals surface area contributed by atoms with E-state index in [2.05, 4.69) is 68.8 Å². The van der Waals surface area contributed by atoms with E-state index in [1.807, 2.05) is 18.2 Å². The maximum Gasteiger partial charge on any atom is 0.225 e.